The summed E-state index contributed by atoms with van der Waals surface area (Å²) in [6.45, 7) is 1.29. The Bertz CT molecular complexity index is 1350. The van der Waals surface area contributed by atoms with Gasteiger partial charge in [0.05, 0.1) is 10.6 Å². The van der Waals surface area contributed by atoms with E-state index in [1.54, 1.807) is 0 Å². The van der Waals surface area contributed by atoms with Gasteiger partial charge in [-0.3, -0.25) is 14.6 Å². The van der Waals surface area contributed by atoms with E-state index in [1.807, 2.05) is 0 Å². The molecule has 0 bridgehead atoms. The highest BCUT2D eigenvalue weighted by atomic mass is 35.5. The Balaban J connectivity index is 2.01. The number of aryl methyl sites for hydroxylation is 1. The molecule has 0 fully saturated rings. The minimum Gasteiger partial charge on any atom is -0.455 e. The predicted octanol–water partition coefficient (Wildman–Crippen LogP) is 5.98. The van der Waals surface area contributed by atoms with Gasteiger partial charge in [-0.25, -0.2) is 0 Å². The maximum Gasteiger partial charge on any atom is 0.573 e. The number of nitrogens with zero attached hydrogens (tertiary/aromatic N) is 1. The molecular formula is C22H14ClF6N3O5. The summed E-state index contributed by atoms with van der Waals surface area (Å²) in [5.74, 6) is -3.99. The molecule has 0 aliphatic rings. The van der Waals surface area contributed by atoms with Crippen LogP contribution in [-0.2, 0) is 0 Å². The number of carbonyl (C=O) groups excluding carboxylic acids is 2. The van der Waals surface area contributed by atoms with E-state index in [4.69, 9.17) is 22.1 Å². The zero-order chi connectivity index (χ0) is 27.5. The van der Waals surface area contributed by atoms with Crippen LogP contribution in [0.25, 0.3) is 0 Å². The maximum atomic E-state index is 13.1. The first-order chi connectivity index (χ1) is 17.1. The standard InChI is InChI=1S/C22H14ClF6N3O5/c1-10-6-13(37-22(27,28)29)9-17(35-16-3-2-12(8-14(16)23)36-21(24,25)26)18(10)20(34)32-11-4-5-31-15(7-11)19(30)33/h2-9H,1H3,(H2,30,33)(H,31,32,34). The average Bonchev–Trinajstić information content (AvgIpc) is 2.73. The SMILES string of the molecule is Cc1cc(OC(F)(F)F)cc(Oc2ccc(OC(F)(F)F)cc2Cl)c1C(=O)Nc1ccnc(C(N)=O)c1. The van der Waals surface area contributed by atoms with Crippen LogP contribution in [0.5, 0.6) is 23.0 Å². The zero-order valence-corrected chi connectivity index (χ0v) is 19.1. The molecule has 1 aromatic heterocycles. The van der Waals surface area contributed by atoms with Gasteiger partial charge in [0, 0.05) is 24.0 Å². The minimum atomic E-state index is -5.08. The van der Waals surface area contributed by atoms with Gasteiger partial charge in [0.2, 0.25) is 0 Å². The molecule has 196 valence electrons. The molecule has 1 heterocycles. The highest BCUT2D eigenvalue weighted by molar-refractivity contribution is 6.32. The fourth-order valence-corrected chi connectivity index (χ4v) is 3.21. The molecule has 15 heteroatoms. The van der Waals surface area contributed by atoms with Crippen molar-refractivity contribution in [2.75, 3.05) is 5.32 Å². The fourth-order valence-electron chi connectivity index (χ4n) is 3.00. The van der Waals surface area contributed by atoms with Gasteiger partial charge >= 0.3 is 12.7 Å². The number of carbonyl (C=O) groups is 2. The van der Waals surface area contributed by atoms with Crippen LogP contribution in [0.2, 0.25) is 5.02 Å². The summed E-state index contributed by atoms with van der Waals surface area (Å²) in [7, 11) is 0. The molecule has 0 saturated carbocycles. The third-order valence-corrected chi connectivity index (χ3v) is 4.66. The fraction of sp³-hybridized carbons (Fsp3) is 0.136. The number of primary amides is 1. The Hall–Kier alpha value is -4.20. The van der Waals surface area contributed by atoms with Gasteiger partial charge in [0.25, 0.3) is 11.8 Å². The van der Waals surface area contributed by atoms with Crippen LogP contribution in [0.3, 0.4) is 0 Å². The second-order valence-corrected chi connectivity index (χ2v) is 7.56. The molecular weight excluding hydrogens is 536 g/mol. The van der Waals surface area contributed by atoms with Crippen LogP contribution in [0, 0.1) is 6.92 Å². The lowest BCUT2D eigenvalue weighted by atomic mass is 10.1. The highest BCUT2D eigenvalue weighted by Gasteiger charge is 2.33. The van der Waals surface area contributed by atoms with Gasteiger partial charge in [-0.1, -0.05) is 11.6 Å². The normalized spacial score (nSPS) is 11.6. The summed E-state index contributed by atoms with van der Waals surface area (Å²) in [5.41, 5.74) is 4.74. The molecule has 8 nitrogen and oxygen atoms in total. The third kappa shape index (κ3) is 7.64. The molecule has 37 heavy (non-hydrogen) atoms. The molecule has 0 aliphatic carbocycles. The number of hydrogen-bond acceptors (Lipinski definition) is 6. The van der Waals surface area contributed by atoms with Gasteiger partial charge in [0.15, 0.2) is 0 Å². The molecule has 0 spiro atoms. The van der Waals surface area contributed by atoms with Crippen LogP contribution >= 0.6 is 11.6 Å². The lowest BCUT2D eigenvalue weighted by Gasteiger charge is -2.18. The molecule has 0 saturated heterocycles. The van der Waals surface area contributed by atoms with Crippen molar-refractivity contribution in [1.82, 2.24) is 4.98 Å². The number of alkyl halides is 6. The van der Waals surface area contributed by atoms with Crippen molar-refractivity contribution in [2.24, 2.45) is 5.73 Å². The lowest BCUT2D eigenvalue weighted by Crippen LogP contribution is -2.19. The number of amides is 2. The van der Waals surface area contributed by atoms with Gasteiger partial charge in [-0.05, 0) is 42.8 Å². The number of halogens is 7. The molecule has 2 amide bonds. The Morgan fingerprint density at radius 2 is 1.57 bits per heavy atom. The summed E-state index contributed by atoms with van der Waals surface area (Å²) in [6.07, 6.45) is -8.90. The summed E-state index contributed by atoms with van der Waals surface area (Å²) < 4.78 is 89.0. The van der Waals surface area contributed by atoms with Crippen LogP contribution in [0.4, 0.5) is 32.0 Å². The first-order valence-corrected chi connectivity index (χ1v) is 10.2. The van der Waals surface area contributed by atoms with Crippen molar-refractivity contribution in [3.8, 4) is 23.0 Å². The summed E-state index contributed by atoms with van der Waals surface area (Å²) in [5, 5.41) is 2.02. The van der Waals surface area contributed by atoms with E-state index in [2.05, 4.69) is 19.8 Å². The topological polar surface area (TPSA) is 113 Å². The van der Waals surface area contributed by atoms with Gasteiger partial charge in [-0.2, -0.15) is 0 Å². The number of nitrogens with two attached hydrogens (primary N) is 1. The van der Waals surface area contributed by atoms with E-state index in [0.717, 1.165) is 36.4 Å². The first kappa shape index (κ1) is 27.4. The summed E-state index contributed by atoms with van der Waals surface area (Å²) in [4.78, 5) is 28.1. The van der Waals surface area contributed by atoms with E-state index in [-0.39, 0.29) is 28.3 Å². The monoisotopic (exact) mass is 549 g/mol. The van der Waals surface area contributed by atoms with Crippen molar-refractivity contribution < 1.29 is 50.1 Å². The Morgan fingerprint density at radius 3 is 2.16 bits per heavy atom. The van der Waals surface area contributed by atoms with Gasteiger partial charge in [-0.15, -0.1) is 26.3 Å². The summed E-state index contributed by atoms with van der Waals surface area (Å²) in [6, 6.07) is 6.70. The van der Waals surface area contributed by atoms with Crippen LogP contribution in [0.15, 0.2) is 48.7 Å². The quantitative estimate of drug-likeness (QED) is 0.350. The highest BCUT2D eigenvalue weighted by Crippen LogP contribution is 2.39. The van der Waals surface area contributed by atoms with E-state index in [0.29, 0.717) is 0 Å². The van der Waals surface area contributed by atoms with Crippen LogP contribution < -0.4 is 25.3 Å². The van der Waals surface area contributed by atoms with Crippen LogP contribution in [-0.4, -0.2) is 29.5 Å². The third-order valence-electron chi connectivity index (χ3n) is 4.36. The first-order valence-electron chi connectivity index (χ1n) is 9.82. The van der Waals surface area contributed by atoms with Crippen molar-refractivity contribution >= 4 is 29.1 Å². The predicted molar refractivity (Wildman–Crippen MR) is 117 cm³/mol. The molecule has 0 atom stereocenters. The van der Waals surface area contributed by atoms with E-state index < -0.39 is 46.8 Å². The summed E-state index contributed by atoms with van der Waals surface area (Å²) >= 11 is 5.97. The van der Waals surface area contributed by atoms with Gasteiger partial charge < -0.3 is 25.3 Å². The van der Waals surface area contributed by atoms with Crippen molar-refractivity contribution in [2.45, 2.75) is 19.6 Å². The van der Waals surface area contributed by atoms with E-state index >= 15 is 0 Å². The Morgan fingerprint density at radius 1 is 0.919 bits per heavy atom. The number of benzene rings is 2. The molecule has 3 aromatic rings. The number of pyridine rings is 1. The molecule has 3 N–H and O–H groups in total. The van der Waals surface area contributed by atoms with E-state index in [9.17, 15) is 35.9 Å². The number of rotatable bonds is 7. The number of hydrogen-bond donors (Lipinski definition) is 2. The Labute approximate surface area is 208 Å². The molecule has 0 radical (unpaired) electrons. The van der Waals surface area contributed by atoms with Crippen LogP contribution in [0.1, 0.15) is 26.4 Å². The van der Waals surface area contributed by atoms with Crippen molar-refractivity contribution in [1.29, 1.82) is 0 Å². The van der Waals surface area contributed by atoms with Gasteiger partial charge in [0.1, 0.15) is 28.7 Å². The van der Waals surface area contributed by atoms with E-state index in [1.165, 1.54) is 19.2 Å². The number of ether oxygens (including phenoxy) is 3. The second-order valence-electron chi connectivity index (χ2n) is 7.15. The second kappa shape index (κ2) is 10.4. The Kier molecular flexibility index (Phi) is 7.71. The molecule has 3 rings (SSSR count). The molecule has 2 aromatic carbocycles. The number of aromatic nitrogens is 1. The van der Waals surface area contributed by atoms with Crippen molar-refractivity contribution in [3.63, 3.8) is 0 Å². The lowest BCUT2D eigenvalue weighted by molar-refractivity contribution is -0.275. The smallest absolute Gasteiger partial charge is 0.455 e. The number of anilines is 1. The molecule has 0 aliphatic heterocycles. The van der Waals surface area contributed by atoms with Crippen molar-refractivity contribution in [3.05, 3.63) is 70.5 Å². The maximum absolute atomic E-state index is 13.1. The molecule has 0 unspecified atom stereocenters. The zero-order valence-electron chi connectivity index (χ0n) is 18.3. The largest absolute Gasteiger partial charge is 0.573 e. The average molecular weight is 550 g/mol. The minimum absolute atomic E-state index is 0.0356. The number of nitrogens with one attached hydrogen (secondary N) is 1.